The fourth-order valence-electron chi connectivity index (χ4n) is 2.22. The second-order valence-corrected chi connectivity index (χ2v) is 6.94. The van der Waals surface area contributed by atoms with Crippen LogP contribution in [0.4, 0.5) is 5.00 Å². The molecule has 0 unspecified atom stereocenters. The molecule has 126 valence electrons. The molecule has 0 saturated carbocycles. The van der Waals surface area contributed by atoms with Crippen LogP contribution in [0, 0.1) is 22.7 Å². The number of aromatic nitrogens is 2. The molecule has 2 N–H and O–H groups in total. The number of anilines is 1. The lowest BCUT2D eigenvalue weighted by molar-refractivity contribution is -0.112. The van der Waals surface area contributed by atoms with Crippen molar-refractivity contribution >= 4 is 44.3 Å². The molecule has 3 aromatic rings. The van der Waals surface area contributed by atoms with E-state index in [0.717, 1.165) is 10.0 Å². The normalized spacial score (nSPS) is 10.8. The summed E-state index contributed by atoms with van der Waals surface area (Å²) in [7, 11) is 0. The van der Waals surface area contributed by atoms with Crippen LogP contribution in [0.5, 0.6) is 0 Å². The number of amides is 1. The summed E-state index contributed by atoms with van der Waals surface area (Å²) in [5.41, 5.74) is 2.47. The molecule has 0 saturated heterocycles. The summed E-state index contributed by atoms with van der Waals surface area (Å²) >= 11 is 4.61. The van der Waals surface area contributed by atoms with Crippen LogP contribution in [0.15, 0.2) is 52.0 Å². The molecular formula is C18H10BrN5OS. The van der Waals surface area contributed by atoms with Crippen LogP contribution in [0.2, 0.25) is 0 Å². The van der Waals surface area contributed by atoms with Gasteiger partial charge in [-0.2, -0.15) is 15.6 Å². The highest BCUT2D eigenvalue weighted by Gasteiger charge is 2.15. The van der Waals surface area contributed by atoms with Crippen molar-refractivity contribution in [3.8, 4) is 23.4 Å². The van der Waals surface area contributed by atoms with Gasteiger partial charge in [-0.3, -0.25) is 9.89 Å². The smallest absolute Gasteiger partial charge is 0.266 e. The molecule has 3 rings (SSSR count). The fourth-order valence-corrected chi connectivity index (χ4v) is 3.22. The molecule has 2 heterocycles. The molecule has 26 heavy (non-hydrogen) atoms. The van der Waals surface area contributed by atoms with E-state index in [-0.39, 0.29) is 5.57 Å². The summed E-state index contributed by atoms with van der Waals surface area (Å²) < 4.78 is 0.944. The van der Waals surface area contributed by atoms with Gasteiger partial charge in [0.15, 0.2) is 0 Å². The average molecular weight is 424 g/mol. The predicted molar refractivity (Wildman–Crippen MR) is 103 cm³/mol. The van der Waals surface area contributed by atoms with Crippen molar-refractivity contribution in [3.05, 3.63) is 63.1 Å². The molecule has 0 atom stereocenters. The number of carbonyl (C=O) groups is 1. The predicted octanol–water partition coefficient (Wildman–Crippen LogP) is 4.32. The van der Waals surface area contributed by atoms with Gasteiger partial charge < -0.3 is 5.32 Å². The van der Waals surface area contributed by atoms with E-state index < -0.39 is 5.91 Å². The Labute approximate surface area is 161 Å². The van der Waals surface area contributed by atoms with Gasteiger partial charge in [-0.1, -0.05) is 28.1 Å². The molecule has 0 fully saturated rings. The number of nitriles is 2. The molecular weight excluding hydrogens is 414 g/mol. The number of rotatable bonds is 4. The van der Waals surface area contributed by atoms with Gasteiger partial charge in [-0.05, 0) is 29.7 Å². The van der Waals surface area contributed by atoms with Gasteiger partial charge in [0, 0.05) is 15.6 Å². The Balaban J connectivity index is 1.90. The summed E-state index contributed by atoms with van der Waals surface area (Å²) in [4.78, 5) is 12.4. The minimum atomic E-state index is -0.575. The number of H-pyrrole nitrogens is 1. The van der Waals surface area contributed by atoms with E-state index in [9.17, 15) is 10.1 Å². The first-order valence-electron chi connectivity index (χ1n) is 7.32. The molecule has 2 aromatic heterocycles. The minimum Gasteiger partial charge on any atom is -0.312 e. The van der Waals surface area contributed by atoms with Gasteiger partial charge in [0.25, 0.3) is 5.91 Å². The molecule has 1 amide bonds. The zero-order valence-electron chi connectivity index (χ0n) is 13.2. The summed E-state index contributed by atoms with van der Waals surface area (Å²) in [6, 6.07) is 13.1. The van der Waals surface area contributed by atoms with E-state index in [0.29, 0.717) is 21.8 Å². The van der Waals surface area contributed by atoms with Crippen molar-refractivity contribution in [1.82, 2.24) is 10.2 Å². The highest BCUT2D eigenvalue weighted by atomic mass is 79.9. The van der Waals surface area contributed by atoms with Crippen LogP contribution < -0.4 is 5.32 Å². The van der Waals surface area contributed by atoms with E-state index in [1.54, 1.807) is 17.6 Å². The summed E-state index contributed by atoms with van der Waals surface area (Å²) in [6.45, 7) is 0. The standard InChI is InChI=1S/C18H10BrN5OS/c19-15-3-1-11(2-4-15)16-14(10-22-24-16)7-13(9-21)17(25)23-18-12(8-20)5-6-26-18/h1-7,10H,(H,22,24)(H,23,25). The van der Waals surface area contributed by atoms with Gasteiger partial charge in [-0.25, -0.2) is 0 Å². The highest BCUT2D eigenvalue weighted by Crippen LogP contribution is 2.26. The first kappa shape index (κ1) is 17.6. The number of thiophene rings is 1. The molecule has 0 aliphatic heterocycles. The number of aromatic amines is 1. The van der Waals surface area contributed by atoms with Crippen molar-refractivity contribution in [3.63, 3.8) is 0 Å². The van der Waals surface area contributed by atoms with Crippen LogP contribution in [-0.4, -0.2) is 16.1 Å². The van der Waals surface area contributed by atoms with Crippen molar-refractivity contribution in [2.24, 2.45) is 0 Å². The minimum absolute atomic E-state index is 0.0814. The number of hydrogen-bond donors (Lipinski definition) is 2. The van der Waals surface area contributed by atoms with E-state index in [4.69, 9.17) is 5.26 Å². The Morgan fingerprint density at radius 1 is 1.27 bits per heavy atom. The maximum Gasteiger partial charge on any atom is 0.266 e. The van der Waals surface area contributed by atoms with Crippen LogP contribution >= 0.6 is 27.3 Å². The molecule has 6 nitrogen and oxygen atoms in total. The van der Waals surface area contributed by atoms with E-state index in [1.807, 2.05) is 36.4 Å². The van der Waals surface area contributed by atoms with Crippen LogP contribution in [0.1, 0.15) is 11.1 Å². The maximum absolute atomic E-state index is 12.4. The van der Waals surface area contributed by atoms with Crippen molar-refractivity contribution < 1.29 is 4.79 Å². The van der Waals surface area contributed by atoms with Gasteiger partial charge in [0.2, 0.25) is 0 Å². The summed E-state index contributed by atoms with van der Waals surface area (Å²) in [5.74, 6) is -0.575. The van der Waals surface area contributed by atoms with E-state index in [2.05, 4.69) is 31.4 Å². The molecule has 1 aromatic carbocycles. The topological polar surface area (TPSA) is 105 Å². The lowest BCUT2D eigenvalue weighted by atomic mass is 10.1. The summed E-state index contributed by atoms with van der Waals surface area (Å²) in [6.07, 6.45) is 3.02. The Morgan fingerprint density at radius 2 is 2.04 bits per heavy atom. The fraction of sp³-hybridized carbons (Fsp3) is 0. The quantitative estimate of drug-likeness (QED) is 0.481. The van der Waals surface area contributed by atoms with Crippen LogP contribution in [-0.2, 0) is 4.79 Å². The first-order chi connectivity index (χ1) is 12.6. The highest BCUT2D eigenvalue weighted by molar-refractivity contribution is 9.10. The monoisotopic (exact) mass is 423 g/mol. The van der Waals surface area contributed by atoms with Gasteiger partial charge in [-0.15, -0.1) is 11.3 Å². The van der Waals surface area contributed by atoms with Crippen molar-refractivity contribution in [2.75, 3.05) is 5.32 Å². The third-order valence-electron chi connectivity index (χ3n) is 3.48. The maximum atomic E-state index is 12.4. The average Bonchev–Trinajstić information content (AvgIpc) is 3.29. The third kappa shape index (κ3) is 3.72. The van der Waals surface area contributed by atoms with Crippen molar-refractivity contribution in [1.29, 1.82) is 10.5 Å². The lowest BCUT2D eigenvalue weighted by Crippen LogP contribution is -2.13. The Kier molecular flexibility index (Phi) is 5.28. The van der Waals surface area contributed by atoms with Gasteiger partial charge in [0.05, 0.1) is 17.5 Å². The molecule has 0 aliphatic carbocycles. The SMILES string of the molecule is N#CC(=Cc1cn[nH]c1-c1ccc(Br)cc1)C(=O)Nc1sccc1C#N. The molecule has 8 heteroatoms. The largest absolute Gasteiger partial charge is 0.312 e. The third-order valence-corrected chi connectivity index (χ3v) is 4.84. The number of benzene rings is 1. The zero-order chi connectivity index (χ0) is 18.5. The van der Waals surface area contributed by atoms with E-state index >= 15 is 0 Å². The lowest BCUT2D eigenvalue weighted by Gasteiger charge is -2.03. The number of hydrogen-bond acceptors (Lipinski definition) is 5. The zero-order valence-corrected chi connectivity index (χ0v) is 15.6. The number of nitrogens with one attached hydrogen (secondary N) is 2. The van der Waals surface area contributed by atoms with E-state index in [1.165, 1.54) is 17.4 Å². The van der Waals surface area contributed by atoms with Gasteiger partial charge >= 0.3 is 0 Å². The second-order valence-electron chi connectivity index (χ2n) is 5.11. The summed E-state index contributed by atoms with van der Waals surface area (Å²) in [5, 5.41) is 30.0. The Bertz CT molecular complexity index is 1070. The van der Waals surface area contributed by atoms with Gasteiger partial charge in [0.1, 0.15) is 22.7 Å². The van der Waals surface area contributed by atoms with Crippen LogP contribution in [0.25, 0.3) is 17.3 Å². The second kappa shape index (κ2) is 7.79. The molecule has 0 radical (unpaired) electrons. The van der Waals surface area contributed by atoms with Crippen molar-refractivity contribution in [2.45, 2.75) is 0 Å². The van der Waals surface area contributed by atoms with Crippen LogP contribution in [0.3, 0.4) is 0 Å². The molecule has 0 spiro atoms. The number of nitrogens with zero attached hydrogens (tertiary/aromatic N) is 3. The first-order valence-corrected chi connectivity index (χ1v) is 8.99. The molecule has 0 bridgehead atoms. The number of halogens is 1. The number of carbonyl (C=O) groups excluding carboxylic acids is 1. The molecule has 0 aliphatic rings. The Morgan fingerprint density at radius 3 is 2.73 bits per heavy atom. The Hall–Kier alpha value is -3.20.